The molecule has 0 fully saturated rings. The molecular formula is C9H8BO. The zero-order valence-electron chi connectivity index (χ0n) is 6.42. The number of rotatable bonds is 0. The first-order valence-corrected chi connectivity index (χ1v) is 3.73. The number of hydrogen-bond donors (Lipinski definition) is 0. The van der Waals surface area contributed by atoms with Crippen LogP contribution in [0, 0.1) is 6.92 Å². The van der Waals surface area contributed by atoms with Gasteiger partial charge in [-0.1, -0.05) is 29.2 Å². The Labute approximate surface area is 66.7 Å². The molecule has 0 amide bonds. The van der Waals surface area contributed by atoms with Crippen molar-refractivity contribution in [3.8, 4) is 0 Å². The Morgan fingerprint density at radius 1 is 1.45 bits per heavy atom. The van der Waals surface area contributed by atoms with Crippen molar-refractivity contribution < 1.29 is 4.79 Å². The van der Waals surface area contributed by atoms with Crippen LogP contribution in [0.1, 0.15) is 11.1 Å². The Kier molecular flexibility index (Phi) is 1.35. The highest BCUT2D eigenvalue weighted by atomic mass is 16.1. The van der Waals surface area contributed by atoms with Crippen LogP contribution < -0.4 is 5.46 Å². The van der Waals surface area contributed by atoms with E-state index in [-0.39, 0.29) is 5.68 Å². The van der Waals surface area contributed by atoms with E-state index < -0.39 is 0 Å². The van der Waals surface area contributed by atoms with Gasteiger partial charge in [0.05, 0.1) is 5.68 Å². The highest BCUT2D eigenvalue weighted by molar-refractivity contribution is 6.86. The number of hydrogen-bond acceptors (Lipinski definition) is 1. The van der Waals surface area contributed by atoms with Gasteiger partial charge in [-0.3, -0.25) is 0 Å². The van der Waals surface area contributed by atoms with E-state index in [0.717, 1.165) is 5.46 Å². The van der Waals surface area contributed by atoms with Gasteiger partial charge < -0.3 is 4.79 Å². The van der Waals surface area contributed by atoms with E-state index in [9.17, 15) is 4.79 Å². The standard InChI is InChI=1S/C9H8BO/c1-6-2-3-8-7(4-6)5-9(11)10-8/h2-4H,5H2,1H3. The lowest BCUT2D eigenvalue weighted by molar-refractivity contribution is -0.111. The van der Waals surface area contributed by atoms with E-state index in [0.29, 0.717) is 6.42 Å². The van der Waals surface area contributed by atoms with Crippen LogP contribution in [0.3, 0.4) is 0 Å². The fourth-order valence-corrected chi connectivity index (χ4v) is 1.44. The highest BCUT2D eigenvalue weighted by Gasteiger charge is 2.18. The third-order valence-electron chi connectivity index (χ3n) is 1.98. The summed E-state index contributed by atoms with van der Waals surface area (Å²) in [6.07, 6.45) is 0.594. The van der Waals surface area contributed by atoms with Gasteiger partial charge in [0.25, 0.3) is 0 Å². The van der Waals surface area contributed by atoms with E-state index in [1.54, 1.807) is 7.28 Å². The second-order valence-electron chi connectivity index (χ2n) is 2.99. The number of carbonyl (C=O) groups is 1. The predicted molar refractivity (Wildman–Crippen MR) is 45.3 cm³/mol. The first-order chi connectivity index (χ1) is 5.25. The summed E-state index contributed by atoms with van der Waals surface area (Å²) in [5, 5.41) is 0. The van der Waals surface area contributed by atoms with Crippen molar-refractivity contribution in [2.75, 3.05) is 0 Å². The van der Waals surface area contributed by atoms with Gasteiger partial charge in [-0.2, -0.15) is 0 Å². The molecule has 0 N–H and O–H groups in total. The molecule has 11 heavy (non-hydrogen) atoms. The van der Waals surface area contributed by atoms with Crippen LogP contribution in [0.25, 0.3) is 0 Å². The lowest BCUT2D eigenvalue weighted by Crippen LogP contribution is -2.14. The van der Waals surface area contributed by atoms with Crippen LogP contribution in [-0.4, -0.2) is 13.0 Å². The van der Waals surface area contributed by atoms with Gasteiger partial charge in [-0.15, -0.1) is 0 Å². The molecule has 0 spiro atoms. The molecule has 1 aromatic carbocycles. The van der Waals surface area contributed by atoms with E-state index in [1.165, 1.54) is 11.1 Å². The van der Waals surface area contributed by atoms with Gasteiger partial charge in [-0.05, 0) is 12.5 Å². The molecule has 0 aliphatic carbocycles. The summed E-state index contributed by atoms with van der Waals surface area (Å²) in [5.74, 6) is 0. The smallest absolute Gasteiger partial charge is 0.241 e. The predicted octanol–water partition coefficient (Wildman–Crippen LogP) is 0.407. The fourth-order valence-electron chi connectivity index (χ4n) is 1.44. The Morgan fingerprint density at radius 3 is 3.09 bits per heavy atom. The summed E-state index contributed by atoms with van der Waals surface area (Å²) >= 11 is 0. The van der Waals surface area contributed by atoms with Crippen molar-refractivity contribution in [2.45, 2.75) is 13.3 Å². The summed E-state index contributed by atoms with van der Waals surface area (Å²) in [6.45, 7) is 2.04. The molecule has 0 aromatic heterocycles. The number of aryl methyl sites for hydroxylation is 1. The minimum atomic E-state index is 0.227. The Morgan fingerprint density at radius 2 is 2.27 bits per heavy atom. The third-order valence-corrected chi connectivity index (χ3v) is 1.98. The zero-order valence-corrected chi connectivity index (χ0v) is 6.42. The second-order valence-corrected chi connectivity index (χ2v) is 2.99. The van der Waals surface area contributed by atoms with Crippen LogP contribution in [-0.2, 0) is 11.2 Å². The van der Waals surface area contributed by atoms with Crippen LogP contribution in [0.4, 0.5) is 0 Å². The topological polar surface area (TPSA) is 17.1 Å². The van der Waals surface area contributed by atoms with Gasteiger partial charge in [0.15, 0.2) is 0 Å². The minimum absolute atomic E-state index is 0.227. The molecule has 2 rings (SSSR count). The van der Waals surface area contributed by atoms with E-state index >= 15 is 0 Å². The lowest BCUT2D eigenvalue weighted by Gasteiger charge is -1.97. The molecule has 1 radical (unpaired) electrons. The average molecular weight is 143 g/mol. The summed E-state index contributed by atoms with van der Waals surface area (Å²) in [6, 6.07) is 6.13. The van der Waals surface area contributed by atoms with E-state index in [1.807, 2.05) is 19.1 Å². The molecular weight excluding hydrogens is 135 g/mol. The van der Waals surface area contributed by atoms with Gasteiger partial charge in [0.1, 0.15) is 0 Å². The number of fused-ring (bicyclic) bond motifs is 1. The summed E-state index contributed by atoms with van der Waals surface area (Å²) in [4.78, 5) is 11.0. The van der Waals surface area contributed by atoms with E-state index in [2.05, 4.69) is 6.07 Å². The summed E-state index contributed by atoms with van der Waals surface area (Å²) < 4.78 is 0. The lowest BCUT2D eigenvalue weighted by atomic mass is 9.71. The molecule has 1 nitrogen and oxygen atoms in total. The molecule has 1 aliphatic heterocycles. The Hall–Kier alpha value is -1.05. The zero-order chi connectivity index (χ0) is 7.84. The molecule has 1 aliphatic rings. The monoisotopic (exact) mass is 143 g/mol. The third kappa shape index (κ3) is 1.09. The van der Waals surface area contributed by atoms with E-state index in [4.69, 9.17) is 0 Å². The molecule has 0 unspecified atom stereocenters. The summed E-state index contributed by atoms with van der Waals surface area (Å²) in [7, 11) is 1.72. The van der Waals surface area contributed by atoms with Gasteiger partial charge in [0.2, 0.25) is 7.28 Å². The minimum Gasteiger partial charge on any atom is -0.311 e. The maximum Gasteiger partial charge on any atom is 0.241 e. The Bertz CT molecular complexity index is 317. The summed E-state index contributed by atoms with van der Waals surface area (Å²) in [5.41, 5.74) is 3.73. The molecule has 2 heteroatoms. The number of carbonyl (C=O) groups excluding carboxylic acids is 1. The molecule has 0 saturated heterocycles. The second kappa shape index (κ2) is 2.23. The molecule has 1 aromatic rings. The maximum absolute atomic E-state index is 11.0. The average Bonchev–Trinajstić information content (AvgIpc) is 2.27. The molecule has 0 saturated carbocycles. The van der Waals surface area contributed by atoms with Crippen molar-refractivity contribution in [1.82, 2.24) is 0 Å². The van der Waals surface area contributed by atoms with Crippen LogP contribution in [0.2, 0.25) is 0 Å². The first kappa shape index (κ1) is 6.65. The van der Waals surface area contributed by atoms with Gasteiger partial charge in [0, 0.05) is 6.42 Å². The van der Waals surface area contributed by atoms with Crippen LogP contribution in [0.5, 0.6) is 0 Å². The van der Waals surface area contributed by atoms with Crippen molar-refractivity contribution in [2.24, 2.45) is 0 Å². The van der Waals surface area contributed by atoms with Gasteiger partial charge >= 0.3 is 0 Å². The fraction of sp³-hybridized carbons (Fsp3) is 0.222. The highest BCUT2D eigenvalue weighted by Crippen LogP contribution is 2.07. The van der Waals surface area contributed by atoms with Crippen molar-refractivity contribution in [1.29, 1.82) is 0 Å². The van der Waals surface area contributed by atoms with Crippen LogP contribution >= 0.6 is 0 Å². The molecule has 0 atom stereocenters. The first-order valence-electron chi connectivity index (χ1n) is 3.73. The van der Waals surface area contributed by atoms with Crippen molar-refractivity contribution in [3.05, 3.63) is 29.3 Å². The van der Waals surface area contributed by atoms with Crippen LogP contribution in [0.15, 0.2) is 18.2 Å². The molecule has 1 heterocycles. The quantitative estimate of drug-likeness (QED) is 0.480. The largest absolute Gasteiger partial charge is 0.311 e. The maximum atomic E-state index is 11.0. The van der Waals surface area contributed by atoms with Crippen molar-refractivity contribution in [3.63, 3.8) is 0 Å². The normalized spacial score (nSPS) is 14.5. The SMILES string of the molecule is Cc1ccc2c(c1)CC(=O)[B]2. The number of benzene rings is 1. The molecule has 53 valence electrons. The Balaban J connectivity index is 2.51. The van der Waals surface area contributed by atoms with Gasteiger partial charge in [-0.25, -0.2) is 0 Å². The van der Waals surface area contributed by atoms with Crippen molar-refractivity contribution >= 4 is 18.4 Å². The molecule has 0 bridgehead atoms.